The van der Waals surface area contributed by atoms with Crippen molar-refractivity contribution in [1.29, 1.82) is 0 Å². The van der Waals surface area contributed by atoms with Crippen LogP contribution in [0, 0.1) is 20.8 Å². The topological polar surface area (TPSA) is 50.3 Å². The fraction of sp³-hybridized carbons (Fsp3) is 0.138. The number of nitrogens with one attached hydrogen (secondary N) is 2. The van der Waals surface area contributed by atoms with Crippen LogP contribution in [0.4, 0.5) is 22.7 Å². The number of rotatable bonds is 5. The van der Waals surface area contributed by atoms with Crippen molar-refractivity contribution in [2.75, 3.05) is 10.6 Å². The fourth-order valence-electron chi connectivity index (χ4n) is 12.8. The molecule has 0 unspecified atom stereocenters. The normalized spacial score (nSPS) is 14.2. The number of furan rings is 2. The van der Waals surface area contributed by atoms with Crippen LogP contribution in [0.15, 0.2) is 173 Å². The predicted molar refractivity (Wildman–Crippen MR) is 290 cm³/mol. The van der Waals surface area contributed by atoms with Crippen LogP contribution in [0.2, 0.25) is 0 Å². The summed E-state index contributed by atoms with van der Waals surface area (Å²) in [7, 11) is 0. The molecule has 0 radical (unpaired) electrons. The molecular formula is C65H50N2O2. The molecule has 4 nitrogen and oxygen atoms in total. The third kappa shape index (κ3) is 5.63. The lowest BCUT2D eigenvalue weighted by Gasteiger charge is -2.22. The fourth-order valence-corrected chi connectivity index (χ4v) is 12.8. The molecule has 0 saturated heterocycles. The summed E-state index contributed by atoms with van der Waals surface area (Å²) < 4.78 is 13.9. The average Bonchev–Trinajstić information content (AvgIpc) is 4.02. The summed E-state index contributed by atoms with van der Waals surface area (Å²) in [6.45, 7) is 16.0. The highest BCUT2D eigenvalue weighted by Crippen LogP contribution is 2.53. The monoisotopic (exact) mass is 890 g/mol. The number of aryl methyl sites for hydroxylation is 3. The SMILES string of the molecule is Cc1cc(C)c(-c2cccc3c(Nc4ccc5c(c4)C(C)(C)c4ccccc4-5)cc4oc5cc6oc7cc(Nc8ccc9c(c8)C(C)(C)c8ccccc8-9)c8ccccc8c7c6cc5c4c23)c(C)c1. The van der Waals surface area contributed by atoms with Crippen LogP contribution in [-0.4, -0.2) is 0 Å². The summed E-state index contributed by atoms with van der Waals surface area (Å²) >= 11 is 0. The van der Waals surface area contributed by atoms with Crippen LogP contribution in [-0.2, 0) is 10.8 Å². The van der Waals surface area contributed by atoms with Gasteiger partial charge < -0.3 is 19.5 Å². The second-order valence-electron chi connectivity index (χ2n) is 20.8. The zero-order valence-corrected chi connectivity index (χ0v) is 39.9. The third-order valence-electron chi connectivity index (χ3n) is 15.9. The van der Waals surface area contributed by atoms with Gasteiger partial charge in [0, 0.05) is 78.1 Å². The zero-order chi connectivity index (χ0) is 46.7. The number of hydrogen-bond donors (Lipinski definition) is 2. The Kier molecular flexibility index (Phi) is 8.12. The molecule has 332 valence electrons. The molecule has 0 amide bonds. The van der Waals surface area contributed by atoms with Gasteiger partial charge in [-0.3, -0.25) is 0 Å². The van der Waals surface area contributed by atoms with Gasteiger partial charge in [-0.15, -0.1) is 0 Å². The minimum Gasteiger partial charge on any atom is -0.456 e. The summed E-state index contributed by atoms with van der Waals surface area (Å²) in [5.74, 6) is 0. The second kappa shape index (κ2) is 14.0. The van der Waals surface area contributed by atoms with Gasteiger partial charge in [-0.1, -0.05) is 149 Å². The molecule has 2 aromatic heterocycles. The van der Waals surface area contributed by atoms with E-state index in [2.05, 4.69) is 223 Å². The Balaban J connectivity index is 0.955. The highest BCUT2D eigenvalue weighted by atomic mass is 16.3. The van der Waals surface area contributed by atoms with Gasteiger partial charge in [0.25, 0.3) is 0 Å². The van der Waals surface area contributed by atoms with Crippen LogP contribution in [0.1, 0.15) is 66.6 Å². The Morgan fingerprint density at radius 1 is 0.348 bits per heavy atom. The van der Waals surface area contributed by atoms with Gasteiger partial charge in [0.2, 0.25) is 0 Å². The highest BCUT2D eigenvalue weighted by Gasteiger charge is 2.36. The Labute approximate surface area is 401 Å². The molecule has 0 saturated carbocycles. The maximum absolute atomic E-state index is 7.02. The van der Waals surface area contributed by atoms with Crippen molar-refractivity contribution >= 4 is 88.2 Å². The summed E-state index contributed by atoms with van der Waals surface area (Å²) in [5, 5.41) is 16.7. The lowest BCUT2D eigenvalue weighted by molar-refractivity contribution is 0.656. The predicted octanol–water partition coefficient (Wildman–Crippen LogP) is 18.5. The van der Waals surface area contributed by atoms with Crippen molar-refractivity contribution in [3.05, 3.63) is 203 Å². The Hall–Kier alpha value is -8.08. The molecule has 0 spiro atoms. The molecule has 4 heteroatoms. The summed E-state index contributed by atoms with van der Waals surface area (Å²) in [6.07, 6.45) is 0. The van der Waals surface area contributed by atoms with Crippen LogP contribution in [0.25, 0.3) is 98.8 Å². The molecule has 2 N–H and O–H groups in total. The number of anilines is 4. The molecular weight excluding hydrogens is 841 g/mol. The first kappa shape index (κ1) is 40.0. The van der Waals surface area contributed by atoms with Gasteiger partial charge in [-0.25, -0.2) is 0 Å². The van der Waals surface area contributed by atoms with E-state index < -0.39 is 0 Å². The van der Waals surface area contributed by atoms with Gasteiger partial charge in [-0.2, -0.15) is 0 Å². The molecule has 0 atom stereocenters. The largest absolute Gasteiger partial charge is 0.456 e. The molecule has 2 aliphatic rings. The Morgan fingerprint density at radius 2 is 0.826 bits per heavy atom. The molecule has 0 fully saturated rings. The van der Waals surface area contributed by atoms with E-state index in [0.29, 0.717) is 0 Å². The van der Waals surface area contributed by atoms with Crippen LogP contribution in [0.5, 0.6) is 0 Å². The van der Waals surface area contributed by atoms with Crippen molar-refractivity contribution in [1.82, 2.24) is 0 Å². The molecule has 12 aromatic rings. The smallest absolute Gasteiger partial charge is 0.139 e. The van der Waals surface area contributed by atoms with E-state index in [0.717, 1.165) is 82.8 Å². The van der Waals surface area contributed by atoms with Gasteiger partial charge in [-0.05, 0) is 123 Å². The van der Waals surface area contributed by atoms with E-state index in [4.69, 9.17) is 8.83 Å². The van der Waals surface area contributed by atoms with Crippen molar-refractivity contribution in [2.45, 2.75) is 59.3 Å². The zero-order valence-electron chi connectivity index (χ0n) is 39.9. The molecule has 14 rings (SSSR count). The first-order valence-corrected chi connectivity index (χ1v) is 24.2. The van der Waals surface area contributed by atoms with Crippen LogP contribution >= 0.6 is 0 Å². The lowest BCUT2D eigenvalue weighted by Crippen LogP contribution is -2.15. The number of hydrogen-bond acceptors (Lipinski definition) is 4. The maximum atomic E-state index is 7.02. The molecule has 0 aliphatic heterocycles. The van der Waals surface area contributed by atoms with Crippen molar-refractivity contribution in [3.8, 4) is 33.4 Å². The van der Waals surface area contributed by atoms with E-state index in [1.807, 2.05) is 0 Å². The molecule has 10 aromatic carbocycles. The quantitative estimate of drug-likeness (QED) is 0.181. The van der Waals surface area contributed by atoms with Gasteiger partial charge in [0.15, 0.2) is 0 Å². The van der Waals surface area contributed by atoms with Gasteiger partial charge in [0.05, 0.1) is 11.4 Å². The second-order valence-corrected chi connectivity index (χ2v) is 20.8. The Bertz CT molecular complexity index is 4210. The number of benzene rings is 10. The molecule has 0 bridgehead atoms. The van der Waals surface area contributed by atoms with Crippen molar-refractivity contribution in [3.63, 3.8) is 0 Å². The minimum absolute atomic E-state index is 0.0927. The first-order chi connectivity index (χ1) is 33.4. The third-order valence-corrected chi connectivity index (χ3v) is 15.9. The molecule has 2 heterocycles. The standard InChI is InChI=1S/C65H50N2O2/c1-35-27-36(2)60(37(3)28-35)47-20-14-19-46-55(67-39-24-26-43-41-16-11-13-22-51(41)65(6,7)53(43)30-39)33-59-63(62(46)47)49-31-48-56(34-57(49)69-59)68-58-32-54(44-17-8-9-18-45(44)61(48)58)66-38-23-25-42-40-15-10-12-21-50(40)64(4,5)52(42)29-38/h8-34,66-67H,1-7H3. The first-order valence-electron chi connectivity index (χ1n) is 24.2. The highest BCUT2D eigenvalue weighted by molar-refractivity contribution is 6.30. The van der Waals surface area contributed by atoms with Crippen LogP contribution in [0.3, 0.4) is 0 Å². The van der Waals surface area contributed by atoms with E-state index in [1.54, 1.807) is 0 Å². The lowest BCUT2D eigenvalue weighted by atomic mass is 9.82. The molecule has 69 heavy (non-hydrogen) atoms. The minimum atomic E-state index is -0.111. The molecule has 2 aliphatic carbocycles. The van der Waals surface area contributed by atoms with Gasteiger partial charge >= 0.3 is 0 Å². The Morgan fingerprint density at radius 3 is 1.43 bits per heavy atom. The average molecular weight is 891 g/mol. The van der Waals surface area contributed by atoms with E-state index in [-0.39, 0.29) is 10.8 Å². The summed E-state index contributed by atoms with van der Waals surface area (Å²) in [6, 6.07) is 60.2. The van der Waals surface area contributed by atoms with Crippen molar-refractivity contribution in [2.24, 2.45) is 0 Å². The van der Waals surface area contributed by atoms with Crippen molar-refractivity contribution < 1.29 is 8.83 Å². The number of fused-ring (bicyclic) bond motifs is 16. The van der Waals surface area contributed by atoms with E-state index in [1.165, 1.54) is 77.7 Å². The summed E-state index contributed by atoms with van der Waals surface area (Å²) in [5.41, 5.74) is 24.1. The summed E-state index contributed by atoms with van der Waals surface area (Å²) in [4.78, 5) is 0. The maximum Gasteiger partial charge on any atom is 0.139 e. The van der Waals surface area contributed by atoms with E-state index in [9.17, 15) is 0 Å². The van der Waals surface area contributed by atoms with Gasteiger partial charge in [0.1, 0.15) is 22.3 Å². The van der Waals surface area contributed by atoms with Crippen LogP contribution < -0.4 is 10.6 Å². The van der Waals surface area contributed by atoms with E-state index >= 15 is 0 Å².